The standard InChI is InChI=1S/C21H20ClN3O3S2/c1-14-11-20(19(12-16(14)22)29-13-15-7-3-2-4-8-15)30(27,28)25-21(23)24-17-9-5-6-10-18(17)26/h2-12,26H,13H2,1H3,(H3,23,24,25). The summed E-state index contributed by atoms with van der Waals surface area (Å²) in [5.41, 5.74) is 7.71. The number of anilines is 1. The summed E-state index contributed by atoms with van der Waals surface area (Å²) >= 11 is 7.59. The van der Waals surface area contributed by atoms with E-state index in [4.69, 9.17) is 17.3 Å². The Morgan fingerprint density at radius 3 is 2.50 bits per heavy atom. The van der Waals surface area contributed by atoms with Gasteiger partial charge < -0.3 is 16.2 Å². The number of rotatable bonds is 6. The van der Waals surface area contributed by atoms with E-state index in [0.29, 0.717) is 21.2 Å². The molecule has 0 unspecified atom stereocenters. The molecule has 0 amide bonds. The molecule has 0 heterocycles. The summed E-state index contributed by atoms with van der Waals surface area (Å²) in [7, 11) is -4.13. The normalized spacial score (nSPS) is 12.0. The summed E-state index contributed by atoms with van der Waals surface area (Å²) in [5.74, 6) is 0.135. The number of phenols is 1. The van der Waals surface area contributed by atoms with E-state index < -0.39 is 10.0 Å². The third-order valence-electron chi connectivity index (χ3n) is 4.13. The van der Waals surface area contributed by atoms with Crippen LogP contribution in [0.4, 0.5) is 5.69 Å². The Labute approximate surface area is 184 Å². The molecular weight excluding hydrogens is 442 g/mol. The number of thioether (sulfide) groups is 1. The van der Waals surface area contributed by atoms with Gasteiger partial charge in [-0.2, -0.15) is 8.42 Å². The number of para-hydroxylation sites is 2. The van der Waals surface area contributed by atoms with Crippen molar-refractivity contribution in [3.8, 4) is 5.75 Å². The molecule has 0 bridgehead atoms. The maximum Gasteiger partial charge on any atom is 0.286 e. The zero-order valence-electron chi connectivity index (χ0n) is 16.0. The number of phenolic OH excluding ortho intramolecular Hbond substituents is 1. The summed E-state index contributed by atoms with van der Waals surface area (Å²) in [6.45, 7) is 1.72. The lowest BCUT2D eigenvalue weighted by atomic mass is 10.2. The SMILES string of the molecule is Cc1cc(S(=O)(=O)/N=C(\N)Nc2ccccc2O)c(SCc2ccccc2)cc1Cl. The third-order valence-corrected chi connectivity index (χ3v) is 7.12. The Morgan fingerprint density at radius 1 is 1.13 bits per heavy atom. The van der Waals surface area contributed by atoms with Crippen LogP contribution in [0.3, 0.4) is 0 Å². The Bertz CT molecular complexity index is 1180. The minimum Gasteiger partial charge on any atom is -0.506 e. The van der Waals surface area contributed by atoms with Crippen LogP contribution >= 0.6 is 23.4 Å². The first kappa shape index (κ1) is 22.0. The summed E-state index contributed by atoms with van der Waals surface area (Å²) < 4.78 is 29.7. The first-order valence-electron chi connectivity index (χ1n) is 8.88. The van der Waals surface area contributed by atoms with Crippen LogP contribution < -0.4 is 11.1 Å². The van der Waals surface area contributed by atoms with Crippen LogP contribution in [0.15, 0.2) is 80.9 Å². The molecule has 0 spiro atoms. The number of benzene rings is 3. The van der Waals surface area contributed by atoms with Crippen LogP contribution in [0.2, 0.25) is 5.02 Å². The van der Waals surface area contributed by atoms with Crippen LogP contribution in [-0.2, 0) is 15.8 Å². The number of hydrogen-bond acceptors (Lipinski definition) is 4. The van der Waals surface area contributed by atoms with Crippen molar-refractivity contribution >= 4 is 45.0 Å². The third kappa shape index (κ3) is 5.47. The van der Waals surface area contributed by atoms with Gasteiger partial charge in [-0.1, -0.05) is 54.1 Å². The number of nitrogens with zero attached hydrogens (tertiary/aromatic N) is 1. The van der Waals surface area contributed by atoms with Gasteiger partial charge in [-0.15, -0.1) is 16.2 Å². The van der Waals surface area contributed by atoms with E-state index in [-0.39, 0.29) is 22.3 Å². The monoisotopic (exact) mass is 461 g/mol. The van der Waals surface area contributed by atoms with Crippen molar-refractivity contribution in [2.24, 2.45) is 10.1 Å². The molecule has 4 N–H and O–H groups in total. The molecule has 3 aromatic rings. The van der Waals surface area contributed by atoms with Crippen LogP contribution in [0.25, 0.3) is 0 Å². The number of nitrogens with two attached hydrogens (primary N) is 1. The van der Waals surface area contributed by atoms with Crippen molar-refractivity contribution in [2.45, 2.75) is 22.5 Å². The summed E-state index contributed by atoms with van der Waals surface area (Å²) in [6.07, 6.45) is 0. The molecule has 3 aromatic carbocycles. The molecule has 6 nitrogen and oxygen atoms in total. The predicted molar refractivity (Wildman–Crippen MR) is 123 cm³/mol. The van der Waals surface area contributed by atoms with Gasteiger partial charge in [0.1, 0.15) is 10.6 Å². The van der Waals surface area contributed by atoms with Crippen LogP contribution in [-0.4, -0.2) is 19.5 Å². The van der Waals surface area contributed by atoms with Gasteiger partial charge >= 0.3 is 0 Å². The maximum atomic E-state index is 13.0. The fourth-order valence-corrected chi connectivity index (χ4v) is 5.29. The summed E-state index contributed by atoms with van der Waals surface area (Å²) in [6, 6.07) is 19.1. The van der Waals surface area contributed by atoms with E-state index in [0.717, 1.165) is 5.56 Å². The first-order chi connectivity index (χ1) is 14.3. The van der Waals surface area contributed by atoms with Gasteiger partial charge in [0.05, 0.1) is 5.69 Å². The Morgan fingerprint density at radius 2 is 1.80 bits per heavy atom. The van der Waals surface area contributed by atoms with E-state index in [1.807, 2.05) is 30.3 Å². The van der Waals surface area contributed by atoms with Crippen molar-refractivity contribution in [2.75, 3.05) is 5.32 Å². The fraction of sp³-hybridized carbons (Fsp3) is 0.0952. The molecule has 0 saturated carbocycles. The van der Waals surface area contributed by atoms with E-state index in [1.54, 1.807) is 31.2 Å². The zero-order valence-corrected chi connectivity index (χ0v) is 18.4. The number of aryl methyl sites for hydroxylation is 1. The molecule has 0 radical (unpaired) electrons. The molecule has 3 rings (SSSR count). The lowest BCUT2D eigenvalue weighted by molar-refractivity contribution is 0.478. The second-order valence-corrected chi connectivity index (χ2v) is 9.41. The highest BCUT2D eigenvalue weighted by Gasteiger charge is 2.21. The van der Waals surface area contributed by atoms with Crippen LogP contribution in [0, 0.1) is 6.92 Å². The largest absolute Gasteiger partial charge is 0.506 e. The summed E-state index contributed by atoms with van der Waals surface area (Å²) in [5, 5.41) is 12.9. The zero-order chi connectivity index (χ0) is 21.7. The smallest absolute Gasteiger partial charge is 0.286 e. The Balaban J connectivity index is 1.92. The Kier molecular flexibility index (Phi) is 6.91. The summed E-state index contributed by atoms with van der Waals surface area (Å²) in [4.78, 5) is 0.501. The highest BCUT2D eigenvalue weighted by Crippen LogP contribution is 2.34. The van der Waals surface area contributed by atoms with Crippen molar-refractivity contribution in [1.82, 2.24) is 0 Å². The first-order valence-corrected chi connectivity index (χ1v) is 11.7. The average molecular weight is 462 g/mol. The number of sulfonamides is 1. The van der Waals surface area contributed by atoms with E-state index >= 15 is 0 Å². The molecule has 0 aliphatic carbocycles. The second kappa shape index (κ2) is 9.42. The minimum atomic E-state index is -4.13. The van der Waals surface area contributed by atoms with Gasteiger partial charge in [0, 0.05) is 15.7 Å². The molecule has 0 aromatic heterocycles. The van der Waals surface area contributed by atoms with E-state index in [2.05, 4.69) is 9.71 Å². The number of guanidine groups is 1. The minimum absolute atomic E-state index is 0.0207. The molecule has 0 atom stereocenters. The molecule has 9 heteroatoms. The van der Waals surface area contributed by atoms with Gasteiger partial charge in [-0.3, -0.25) is 0 Å². The van der Waals surface area contributed by atoms with Gasteiger partial charge in [0.25, 0.3) is 10.0 Å². The number of aromatic hydroxyl groups is 1. The molecule has 156 valence electrons. The van der Waals surface area contributed by atoms with Crippen LogP contribution in [0.5, 0.6) is 5.75 Å². The molecular formula is C21H20ClN3O3S2. The highest BCUT2D eigenvalue weighted by molar-refractivity contribution is 7.99. The molecule has 0 saturated heterocycles. The quantitative estimate of drug-likeness (QED) is 0.211. The van der Waals surface area contributed by atoms with Gasteiger partial charge in [-0.05, 0) is 42.3 Å². The predicted octanol–water partition coefficient (Wildman–Crippen LogP) is 4.76. The van der Waals surface area contributed by atoms with Crippen molar-refractivity contribution in [1.29, 1.82) is 0 Å². The molecule has 0 aliphatic heterocycles. The molecule has 30 heavy (non-hydrogen) atoms. The molecule has 0 fully saturated rings. The number of nitrogens with one attached hydrogen (secondary N) is 1. The van der Waals surface area contributed by atoms with Gasteiger partial charge in [-0.25, -0.2) is 0 Å². The second-order valence-electron chi connectivity index (χ2n) is 6.42. The maximum absolute atomic E-state index is 13.0. The topological polar surface area (TPSA) is 105 Å². The Hall–Kier alpha value is -2.68. The number of hydrogen-bond donors (Lipinski definition) is 3. The van der Waals surface area contributed by atoms with Crippen molar-refractivity contribution in [3.05, 3.63) is 82.9 Å². The molecule has 0 aliphatic rings. The van der Waals surface area contributed by atoms with Crippen molar-refractivity contribution < 1.29 is 13.5 Å². The van der Waals surface area contributed by atoms with Gasteiger partial charge in [0.2, 0.25) is 5.96 Å². The average Bonchev–Trinajstić information content (AvgIpc) is 2.70. The lowest BCUT2D eigenvalue weighted by Crippen LogP contribution is -2.24. The number of halogens is 1. The lowest BCUT2D eigenvalue weighted by Gasteiger charge is -2.12. The van der Waals surface area contributed by atoms with E-state index in [9.17, 15) is 13.5 Å². The van der Waals surface area contributed by atoms with Crippen molar-refractivity contribution in [3.63, 3.8) is 0 Å². The van der Waals surface area contributed by atoms with Crippen LogP contribution in [0.1, 0.15) is 11.1 Å². The van der Waals surface area contributed by atoms with Gasteiger partial charge in [0.15, 0.2) is 0 Å². The fourth-order valence-electron chi connectivity index (χ4n) is 2.61. The van der Waals surface area contributed by atoms with E-state index in [1.165, 1.54) is 23.9 Å². The highest BCUT2D eigenvalue weighted by atomic mass is 35.5.